The van der Waals surface area contributed by atoms with Crippen LogP contribution in [0.3, 0.4) is 0 Å². The first-order valence-corrected chi connectivity index (χ1v) is 7.56. The third kappa shape index (κ3) is 3.30. The lowest BCUT2D eigenvalue weighted by Gasteiger charge is -2.40. The van der Waals surface area contributed by atoms with Crippen LogP contribution in [0.25, 0.3) is 0 Å². The highest BCUT2D eigenvalue weighted by atomic mass is 15.2. The zero-order valence-corrected chi connectivity index (χ0v) is 12.8. The van der Waals surface area contributed by atoms with E-state index in [9.17, 15) is 0 Å². The molecule has 19 heavy (non-hydrogen) atoms. The Morgan fingerprint density at radius 3 is 2.58 bits per heavy atom. The molecule has 1 aromatic carbocycles. The second kappa shape index (κ2) is 5.96. The summed E-state index contributed by atoms with van der Waals surface area (Å²) in [6, 6.07) is 9.46. The van der Waals surface area contributed by atoms with Gasteiger partial charge >= 0.3 is 0 Å². The summed E-state index contributed by atoms with van der Waals surface area (Å²) < 4.78 is 0. The number of nitrogens with zero attached hydrogens (tertiary/aromatic N) is 1. The fourth-order valence-electron chi connectivity index (χ4n) is 3.26. The summed E-state index contributed by atoms with van der Waals surface area (Å²) in [5, 5.41) is 0. The largest absolute Gasteiger partial charge is 0.399 e. The lowest BCUT2D eigenvalue weighted by atomic mass is 9.78. The third-order valence-electron chi connectivity index (χ3n) is 5.15. The maximum absolute atomic E-state index is 5.90. The van der Waals surface area contributed by atoms with Gasteiger partial charge in [0.15, 0.2) is 0 Å². The molecule has 0 saturated heterocycles. The first kappa shape index (κ1) is 14.4. The molecule has 1 fully saturated rings. The van der Waals surface area contributed by atoms with Crippen molar-refractivity contribution in [3.05, 3.63) is 29.8 Å². The summed E-state index contributed by atoms with van der Waals surface area (Å²) in [6.45, 7) is 7.08. The predicted octanol–water partition coefficient (Wildman–Crippen LogP) is 4.09. The molecule has 1 aliphatic rings. The molecule has 0 amide bonds. The van der Waals surface area contributed by atoms with Crippen LogP contribution in [0.4, 0.5) is 5.69 Å². The van der Waals surface area contributed by atoms with Crippen molar-refractivity contribution >= 4 is 5.69 Å². The maximum Gasteiger partial charge on any atom is 0.0320 e. The smallest absolute Gasteiger partial charge is 0.0320 e. The summed E-state index contributed by atoms with van der Waals surface area (Å²) in [6.07, 6.45) is 4.01. The van der Waals surface area contributed by atoms with Gasteiger partial charge in [0.05, 0.1) is 0 Å². The average molecular weight is 260 g/mol. The standard InChI is InChI=1S/C17H28N2/c1-12-8-9-17(10-13(12)2)19(4)14(3)15-6-5-7-16(18)11-15/h5-7,11-14,17H,8-10,18H2,1-4H3. The molecule has 4 atom stereocenters. The highest BCUT2D eigenvalue weighted by molar-refractivity contribution is 5.41. The highest BCUT2D eigenvalue weighted by Crippen LogP contribution is 2.34. The van der Waals surface area contributed by atoms with Crippen LogP contribution < -0.4 is 5.73 Å². The van der Waals surface area contributed by atoms with Crippen molar-refractivity contribution in [1.82, 2.24) is 4.90 Å². The highest BCUT2D eigenvalue weighted by Gasteiger charge is 2.29. The fourth-order valence-corrected chi connectivity index (χ4v) is 3.26. The number of anilines is 1. The van der Waals surface area contributed by atoms with E-state index in [2.05, 4.69) is 50.9 Å². The van der Waals surface area contributed by atoms with Crippen molar-refractivity contribution in [2.75, 3.05) is 12.8 Å². The quantitative estimate of drug-likeness (QED) is 0.830. The SMILES string of the molecule is CC1CCC(N(C)C(C)c2cccc(N)c2)CC1C. The Morgan fingerprint density at radius 1 is 1.21 bits per heavy atom. The number of hydrogen-bond acceptors (Lipinski definition) is 2. The molecule has 2 nitrogen and oxygen atoms in total. The summed E-state index contributed by atoms with van der Waals surface area (Å²) in [7, 11) is 2.27. The minimum Gasteiger partial charge on any atom is -0.399 e. The number of nitrogen functional groups attached to an aromatic ring is 1. The zero-order chi connectivity index (χ0) is 14.0. The lowest BCUT2D eigenvalue weighted by molar-refractivity contribution is 0.102. The Kier molecular flexibility index (Phi) is 4.51. The van der Waals surface area contributed by atoms with E-state index in [4.69, 9.17) is 5.73 Å². The predicted molar refractivity (Wildman–Crippen MR) is 83.0 cm³/mol. The van der Waals surface area contributed by atoms with Crippen LogP contribution in [0, 0.1) is 11.8 Å². The summed E-state index contributed by atoms with van der Waals surface area (Å²) >= 11 is 0. The molecule has 106 valence electrons. The van der Waals surface area contributed by atoms with Gasteiger partial charge in [0.1, 0.15) is 0 Å². The first-order valence-electron chi connectivity index (χ1n) is 7.56. The van der Waals surface area contributed by atoms with Crippen LogP contribution >= 0.6 is 0 Å². The summed E-state index contributed by atoms with van der Waals surface area (Å²) in [5.41, 5.74) is 8.09. The van der Waals surface area contributed by atoms with Crippen LogP contribution in [-0.2, 0) is 0 Å². The van der Waals surface area contributed by atoms with Crippen LogP contribution in [0.15, 0.2) is 24.3 Å². The normalized spacial score (nSPS) is 29.4. The van der Waals surface area contributed by atoms with Crippen molar-refractivity contribution in [2.45, 2.75) is 52.1 Å². The van der Waals surface area contributed by atoms with Gasteiger partial charge in [-0.15, -0.1) is 0 Å². The second-order valence-electron chi connectivity index (χ2n) is 6.43. The second-order valence-corrected chi connectivity index (χ2v) is 6.43. The summed E-state index contributed by atoms with van der Waals surface area (Å²) in [4.78, 5) is 2.54. The Bertz CT molecular complexity index is 415. The third-order valence-corrected chi connectivity index (χ3v) is 5.15. The van der Waals surface area contributed by atoms with E-state index in [1.165, 1.54) is 24.8 Å². The topological polar surface area (TPSA) is 29.3 Å². The van der Waals surface area contributed by atoms with E-state index in [0.29, 0.717) is 12.1 Å². The van der Waals surface area contributed by atoms with E-state index in [1.54, 1.807) is 0 Å². The Morgan fingerprint density at radius 2 is 1.95 bits per heavy atom. The van der Waals surface area contributed by atoms with Gasteiger partial charge in [0, 0.05) is 17.8 Å². The van der Waals surface area contributed by atoms with Crippen LogP contribution in [0.1, 0.15) is 51.6 Å². The molecule has 4 unspecified atom stereocenters. The van der Waals surface area contributed by atoms with Crippen molar-refractivity contribution in [2.24, 2.45) is 11.8 Å². The molecular formula is C17H28N2. The van der Waals surface area contributed by atoms with Gasteiger partial charge < -0.3 is 5.73 Å². The van der Waals surface area contributed by atoms with Crippen molar-refractivity contribution in [3.63, 3.8) is 0 Å². The molecule has 0 spiro atoms. The molecule has 1 aliphatic carbocycles. The van der Waals surface area contributed by atoms with Gasteiger partial charge in [-0.05, 0) is 62.8 Å². The van der Waals surface area contributed by atoms with Crippen molar-refractivity contribution < 1.29 is 0 Å². The van der Waals surface area contributed by atoms with Crippen molar-refractivity contribution in [1.29, 1.82) is 0 Å². The molecule has 1 aromatic rings. The van der Waals surface area contributed by atoms with Gasteiger partial charge in [-0.25, -0.2) is 0 Å². The van der Waals surface area contributed by atoms with Crippen molar-refractivity contribution in [3.8, 4) is 0 Å². The molecule has 0 aliphatic heterocycles. The summed E-state index contributed by atoms with van der Waals surface area (Å²) in [5.74, 6) is 1.72. The molecule has 0 radical (unpaired) electrons. The van der Waals surface area contributed by atoms with Gasteiger partial charge in [0.25, 0.3) is 0 Å². The number of nitrogens with two attached hydrogens (primary N) is 1. The van der Waals surface area contributed by atoms with Gasteiger partial charge in [-0.1, -0.05) is 26.0 Å². The van der Waals surface area contributed by atoms with Gasteiger partial charge in [0.2, 0.25) is 0 Å². The fraction of sp³-hybridized carbons (Fsp3) is 0.647. The van der Waals surface area contributed by atoms with E-state index in [1.807, 2.05) is 6.07 Å². The minimum absolute atomic E-state index is 0.439. The van der Waals surface area contributed by atoms with E-state index >= 15 is 0 Å². The molecular weight excluding hydrogens is 232 g/mol. The molecule has 0 bridgehead atoms. The zero-order valence-electron chi connectivity index (χ0n) is 12.8. The van der Waals surface area contributed by atoms with E-state index < -0.39 is 0 Å². The van der Waals surface area contributed by atoms with Crippen LogP contribution in [0.5, 0.6) is 0 Å². The molecule has 1 saturated carbocycles. The number of hydrogen-bond donors (Lipinski definition) is 1. The average Bonchev–Trinajstić information content (AvgIpc) is 2.40. The van der Waals surface area contributed by atoms with Gasteiger partial charge in [-0.2, -0.15) is 0 Å². The Balaban J connectivity index is 2.05. The molecule has 2 N–H and O–H groups in total. The molecule has 2 heteroatoms. The van der Waals surface area contributed by atoms with Crippen LogP contribution in [-0.4, -0.2) is 18.0 Å². The number of benzene rings is 1. The Labute approximate surface area is 118 Å². The van der Waals surface area contributed by atoms with E-state index in [-0.39, 0.29) is 0 Å². The minimum atomic E-state index is 0.439. The maximum atomic E-state index is 5.90. The Hall–Kier alpha value is -1.02. The van der Waals surface area contributed by atoms with Crippen LogP contribution in [0.2, 0.25) is 0 Å². The first-order chi connectivity index (χ1) is 8.99. The van der Waals surface area contributed by atoms with E-state index in [0.717, 1.165) is 17.5 Å². The van der Waals surface area contributed by atoms with Gasteiger partial charge in [-0.3, -0.25) is 4.90 Å². The number of rotatable bonds is 3. The lowest BCUT2D eigenvalue weighted by Crippen LogP contribution is -2.39. The monoisotopic (exact) mass is 260 g/mol. The molecule has 0 heterocycles. The molecule has 2 rings (SSSR count). The molecule has 0 aromatic heterocycles.